The molecule has 2 aromatic rings. The van der Waals surface area contributed by atoms with E-state index in [9.17, 15) is 14.4 Å². The quantitative estimate of drug-likeness (QED) is 0.327. The van der Waals surface area contributed by atoms with Gasteiger partial charge in [0, 0.05) is 0 Å². The molecule has 42 heavy (non-hydrogen) atoms. The maximum atomic E-state index is 12.4. The van der Waals surface area contributed by atoms with Crippen LogP contribution in [0.2, 0.25) is 36.3 Å². The number of rotatable bonds is 7. The monoisotopic (exact) mass is 624 g/mol. The lowest BCUT2D eigenvalue weighted by Crippen LogP contribution is -2.54. The van der Waals surface area contributed by atoms with Crippen molar-refractivity contribution < 1.29 is 32.7 Å². The molecule has 1 aliphatic rings. The highest BCUT2D eigenvalue weighted by atomic mass is 28.4. The number of imidazole rings is 1. The number of hydrogen-bond acceptors (Lipinski definition) is 11. The SMILES string of the molecule is CC(C)(C)[Si](C)(C)O[C@@H]1[C@H](O[Si](C)(C)C(C)(C)C)[C@@H](COC(=O)NC(=O)NC(N)=O)O[C@H]1n1cnc2c(N)ncnc21. The summed E-state index contributed by atoms with van der Waals surface area (Å²) in [5.74, 6) is 0.221. The summed E-state index contributed by atoms with van der Waals surface area (Å²) >= 11 is 0. The number of anilines is 1. The van der Waals surface area contributed by atoms with Gasteiger partial charge in [0.25, 0.3) is 0 Å². The largest absolute Gasteiger partial charge is 0.446 e. The van der Waals surface area contributed by atoms with Crippen molar-refractivity contribution in [2.24, 2.45) is 5.73 Å². The molecule has 17 heteroatoms. The van der Waals surface area contributed by atoms with Crippen LogP contribution in [0, 0.1) is 0 Å². The third-order valence-electron chi connectivity index (χ3n) is 8.25. The van der Waals surface area contributed by atoms with E-state index < -0.39 is 59.3 Å². The van der Waals surface area contributed by atoms with E-state index in [1.165, 1.54) is 6.33 Å². The Balaban J connectivity index is 2.05. The summed E-state index contributed by atoms with van der Waals surface area (Å²) in [7, 11) is -4.87. The van der Waals surface area contributed by atoms with Gasteiger partial charge in [0.1, 0.15) is 36.8 Å². The predicted octanol–water partition coefficient (Wildman–Crippen LogP) is 3.60. The highest BCUT2D eigenvalue weighted by molar-refractivity contribution is 6.74. The number of urea groups is 2. The van der Waals surface area contributed by atoms with E-state index >= 15 is 0 Å². The topological polar surface area (TPSA) is 208 Å². The molecule has 2 aromatic heterocycles. The minimum absolute atomic E-state index is 0.148. The van der Waals surface area contributed by atoms with Gasteiger partial charge in [-0.1, -0.05) is 41.5 Å². The van der Waals surface area contributed by atoms with Crippen LogP contribution in [-0.2, 0) is 18.3 Å². The van der Waals surface area contributed by atoms with Crippen molar-refractivity contribution in [3.8, 4) is 0 Å². The number of amides is 5. The number of fused-ring (bicyclic) bond motifs is 1. The van der Waals surface area contributed by atoms with Crippen LogP contribution < -0.4 is 22.1 Å². The molecule has 0 spiro atoms. The lowest BCUT2D eigenvalue weighted by Gasteiger charge is -2.44. The first-order valence-corrected chi connectivity index (χ1v) is 19.4. The van der Waals surface area contributed by atoms with Crippen LogP contribution in [0.5, 0.6) is 0 Å². The molecule has 3 heterocycles. The van der Waals surface area contributed by atoms with E-state index in [1.54, 1.807) is 16.2 Å². The van der Waals surface area contributed by atoms with Crippen molar-refractivity contribution in [2.75, 3.05) is 12.3 Å². The summed E-state index contributed by atoms with van der Waals surface area (Å²) in [5.41, 5.74) is 11.9. The Kier molecular flexibility index (Phi) is 9.43. The Morgan fingerprint density at radius 1 is 0.952 bits per heavy atom. The molecule has 0 bridgehead atoms. The molecule has 0 radical (unpaired) electrons. The molecule has 0 unspecified atom stereocenters. The molecule has 0 saturated carbocycles. The first-order chi connectivity index (χ1) is 19.1. The molecular formula is C25H44N8O7Si2. The number of nitrogens with one attached hydrogen (secondary N) is 2. The second-order valence-electron chi connectivity index (χ2n) is 13.4. The normalized spacial score (nSPS) is 21.8. The van der Waals surface area contributed by atoms with Gasteiger partial charge in [-0.2, -0.15) is 0 Å². The van der Waals surface area contributed by atoms with Crippen molar-refractivity contribution in [2.45, 2.75) is 102 Å². The Morgan fingerprint density at radius 2 is 1.52 bits per heavy atom. The Labute approximate surface area is 247 Å². The van der Waals surface area contributed by atoms with E-state index in [-0.39, 0.29) is 22.5 Å². The highest BCUT2D eigenvalue weighted by Crippen LogP contribution is 2.46. The van der Waals surface area contributed by atoms with E-state index in [1.807, 2.05) is 5.32 Å². The first-order valence-electron chi connectivity index (χ1n) is 13.6. The number of primary amides is 1. The second kappa shape index (κ2) is 11.9. The fourth-order valence-electron chi connectivity index (χ4n) is 3.85. The van der Waals surface area contributed by atoms with Crippen molar-refractivity contribution in [1.82, 2.24) is 30.2 Å². The molecule has 1 saturated heterocycles. The third-order valence-corrected chi connectivity index (χ3v) is 17.2. The smallest absolute Gasteiger partial charge is 0.415 e. The van der Waals surface area contributed by atoms with Crippen LogP contribution in [0.25, 0.3) is 11.2 Å². The number of nitrogen functional groups attached to an aromatic ring is 1. The number of carbonyl (C=O) groups excluding carboxylic acids is 3. The summed E-state index contributed by atoms with van der Waals surface area (Å²) in [6.07, 6.45) is -1.08. The zero-order valence-corrected chi connectivity index (χ0v) is 28.0. The summed E-state index contributed by atoms with van der Waals surface area (Å²) in [6.45, 7) is 21.0. The fraction of sp³-hybridized carbons (Fsp3) is 0.680. The average Bonchev–Trinajstić information content (AvgIpc) is 3.38. The van der Waals surface area contributed by atoms with Gasteiger partial charge in [-0.25, -0.2) is 34.7 Å². The minimum Gasteiger partial charge on any atom is -0.446 e. The molecule has 0 aromatic carbocycles. The molecule has 234 valence electrons. The van der Waals surface area contributed by atoms with Crippen molar-refractivity contribution in [3.63, 3.8) is 0 Å². The number of aromatic nitrogens is 4. The Hall–Kier alpha value is -3.13. The van der Waals surface area contributed by atoms with Gasteiger partial charge in [-0.15, -0.1) is 0 Å². The molecule has 3 rings (SSSR count). The van der Waals surface area contributed by atoms with Gasteiger partial charge in [0.05, 0.1) is 6.33 Å². The third kappa shape index (κ3) is 7.26. The zero-order chi connectivity index (χ0) is 31.8. The molecule has 0 aliphatic carbocycles. The zero-order valence-electron chi connectivity index (χ0n) is 26.0. The van der Waals surface area contributed by atoms with Gasteiger partial charge in [-0.05, 0) is 36.3 Å². The van der Waals surface area contributed by atoms with E-state index in [0.717, 1.165) is 0 Å². The molecule has 1 aliphatic heterocycles. The molecule has 6 N–H and O–H groups in total. The van der Waals surface area contributed by atoms with E-state index in [2.05, 4.69) is 82.7 Å². The van der Waals surface area contributed by atoms with Crippen LogP contribution in [-0.4, -0.2) is 79.2 Å². The van der Waals surface area contributed by atoms with Gasteiger partial charge in [-0.3, -0.25) is 9.88 Å². The second-order valence-corrected chi connectivity index (χ2v) is 22.9. The van der Waals surface area contributed by atoms with Gasteiger partial charge in [0.15, 0.2) is 34.3 Å². The molecular weight excluding hydrogens is 580 g/mol. The summed E-state index contributed by atoms with van der Waals surface area (Å²) in [4.78, 5) is 47.9. The number of ether oxygens (including phenoxy) is 2. The number of nitrogens with two attached hydrogens (primary N) is 2. The molecule has 5 amide bonds. The molecule has 15 nitrogen and oxygen atoms in total. The fourth-order valence-corrected chi connectivity index (χ4v) is 6.46. The van der Waals surface area contributed by atoms with Crippen LogP contribution in [0.1, 0.15) is 47.8 Å². The van der Waals surface area contributed by atoms with Crippen LogP contribution in [0.15, 0.2) is 12.7 Å². The standard InChI is InChI=1S/C25H44N8O7Si2/c1-24(2,3)41(7,8)39-16-14(11-37-23(36)32-22(35)31-21(27)34)38-20(17(16)40-42(9,10)25(4,5)6)33-13-30-15-18(26)28-12-29-19(15)33/h12-14,16-17,20H,11H2,1-10H3,(H2,26,28,29)(H4,27,31,32,34,35,36)/t14-,16-,17-,20-/m1/s1. The van der Waals surface area contributed by atoms with Crippen LogP contribution >= 0.6 is 0 Å². The summed E-state index contributed by atoms with van der Waals surface area (Å²) < 4.78 is 27.6. The van der Waals surface area contributed by atoms with Crippen molar-refractivity contribution in [1.29, 1.82) is 0 Å². The lowest BCUT2D eigenvalue weighted by molar-refractivity contribution is -0.0512. The Morgan fingerprint density at radius 3 is 2.07 bits per heavy atom. The number of imide groups is 2. The molecule has 1 fully saturated rings. The maximum Gasteiger partial charge on any atom is 0.415 e. The number of alkyl carbamates (subject to hydrolysis) is 1. The van der Waals surface area contributed by atoms with Crippen LogP contribution in [0.4, 0.5) is 20.2 Å². The van der Waals surface area contributed by atoms with Crippen LogP contribution in [0.3, 0.4) is 0 Å². The number of hydrogen-bond donors (Lipinski definition) is 4. The average molecular weight is 625 g/mol. The van der Waals surface area contributed by atoms with Gasteiger partial charge in [0.2, 0.25) is 0 Å². The van der Waals surface area contributed by atoms with Gasteiger partial charge < -0.3 is 29.8 Å². The summed E-state index contributed by atoms with van der Waals surface area (Å²) in [5, 5.41) is 3.32. The predicted molar refractivity (Wildman–Crippen MR) is 160 cm³/mol. The maximum absolute atomic E-state index is 12.4. The highest BCUT2D eigenvalue weighted by Gasteiger charge is 2.55. The van der Waals surface area contributed by atoms with Crippen molar-refractivity contribution in [3.05, 3.63) is 12.7 Å². The Bertz CT molecular complexity index is 1320. The van der Waals surface area contributed by atoms with E-state index in [4.69, 9.17) is 29.8 Å². The lowest BCUT2D eigenvalue weighted by atomic mass is 10.1. The van der Waals surface area contributed by atoms with E-state index in [0.29, 0.717) is 11.2 Å². The number of nitrogens with zero attached hydrogens (tertiary/aromatic N) is 4. The summed E-state index contributed by atoms with van der Waals surface area (Å²) in [6, 6.07) is -2.24. The van der Waals surface area contributed by atoms with Crippen molar-refractivity contribution >= 4 is 51.8 Å². The molecule has 4 atom stereocenters. The van der Waals surface area contributed by atoms with Gasteiger partial charge >= 0.3 is 18.2 Å². The number of carbonyl (C=O) groups is 3. The first kappa shape index (κ1) is 33.4. The minimum atomic E-state index is -2.44.